The molecule has 0 aromatic heterocycles. The van der Waals surface area contributed by atoms with Gasteiger partial charge < -0.3 is 43.8 Å². The maximum Gasteiger partial charge on any atom is 0.338 e. The number of aliphatic hydroxyl groups is 2. The molecule has 2 aromatic carbocycles. The van der Waals surface area contributed by atoms with Gasteiger partial charge in [-0.1, -0.05) is 264 Å². The first-order valence-electron chi connectivity index (χ1n) is 31.7. The van der Waals surface area contributed by atoms with Crippen molar-refractivity contribution in [2.75, 3.05) is 33.0 Å². The minimum absolute atomic E-state index is 0.236. The first-order chi connectivity index (χ1) is 38.1. The fourth-order valence-electron chi connectivity index (χ4n) is 11.3. The second-order valence-corrected chi connectivity index (χ2v) is 29.0. The molecule has 0 spiro atoms. The summed E-state index contributed by atoms with van der Waals surface area (Å²) in [5.74, 6) is -1.06. The van der Waals surface area contributed by atoms with Crippen molar-refractivity contribution < 1.29 is 57.9 Å². The van der Waals surface area contributed by atoms with Crippen LogP contribution in [0.1, 0.15) is 331 Å². The van der Waals surface area contributed by atoms with E-state index in [-0.39, 0.29) is 24.3 Å². The number of unbranched alkanes of at least 4 members (excludes halogenated alkanes) is 26. The summed E-state index contributed by atoms with van der Waals surface area (Å²) in [6.07, 6.45) is 33.8. The molecule has 2 rings (SSSR count). The molecule has 0 fully saturated rings. The van der Waals surface area contributed by atoms with Gasteiger partial charge in [0.25, 0.3) is 0 Å². The molecule has 2 aromatic rings. The lowest BCUT2D eigenvalue weighted by atomic mass is 9.56. The summed E-state index contributed by atoms with van der Waals surface area (Å²) in [5.41, 5.74) is -4.71. The highest BCUT2D eigenvalue weighted by molar-refractivity contribution is 7.39. The van der Waals surface area contributed by atoms with Crippen molar-refractivity contribution in [3.05, 3.63) is 68.8 Å². The van der Waals surface area contributed by atoms with Gasteiger partial charge in [0.05, 0.1) is 49.6 Å². The predicted molar refractivity (Wildman–Crippen MR) is 336 cm³/mol. The number of ether oxygens (including phenoxy) is 2. The highest BCUT2D eigenvalue weighted by Gasteiger charge is 2.62. The number of carbonyl (C=O) groups is 2. The molecule has 81 heavy (non-hydrogen) atoms. The molecule has 0 aliphatic rings. The highest BCUT2D eigenvalue weighted by atomic mass is 31.2. The van der Waals surface area contributed by atoms with Crippen molar-refractivity contribution >= 4 is 29.1 Å². The Morgan fingerprint density at radius 1 is 0.395 bits per heavy atom. The first-order valence-corrected chi connectivity index (χ1v) is 34.0. The molecule has 0 aliphatic carbocycles. The standard InChI is InChI=1S/C67H118O12P2/c1-15-17-19-21-23-25-27-29-31-33-35-37-39-41-43-76-60(70)52-45-54(62(3,4)5)58(55(46-52)63(6,7)8)67(79-81(74)75,66(49-68,50-69)51-78-80(72)73)59-56(64(9,10)11)47-53(48-57(59)65(12,13)14)61(71)77-44-42-40-38-36-34-32-30-28-26-24-22-20-18-16-2/h45-48,68-69,72-75H,15-44,49-51H2,1-14H3. The van der Waals surface area contributed by atoms with E-state index in [2.05, 4.69) is 13.8 Å². The van der Waals surface area contributed by atoms with Crippen LogP contribution < -0.4 is 0 Å². The second-order valence-electron chi connectivity index (χ2n) is 27.5. The van der Waals surface area contributed by atoms with Crippen LogP contribution in [0.5, 0.6) is 0 Å². The Kier molecular flexibility index (Phi) is 34.7. The molecule has 0 saturated carbocycles. The van der Waals surface area contributed by atoms with E-state index in [1.807, 2.05) is 83.1 Å². The molecule has 14 heteroatoms. The maximum absolute atomic E-state index is 14.4. The van der Waals surface area contributed by atoms with Crippen LogP contribution in [0.2, 0.25) is 0 Å². The monoisotopic (exact) mass is 1180 g/mol. The molecule has 6 N–H and O–H groups in total. The molecular weight excluding hydrogens is 1060 g/mol. The average molecular weight is 1180 g/mol. The Morgan fingerprint density at radius 3 is 0.852 bits per heavy atom. The van der Waals surface area contributed by atoms with Crippen LogP contribution in [0, 0.1) is 5.41 Å². The number of esters is 2. The van der Waals surface area contributed by atoms with Crippen LogP contribution in [-0.4, -0.2) is 74.8 Å². The first kappa shape index (κ1) is 75.0. The van der Waals surface area contributed by atoms with Crippen LogP contribution in [0.4, 0.5) is 0 Å². The Morgan fingerprint density at radius 2 is 0.642 bits per heavy atom. The van der Waals surface area contributed by atoms with Crippen molar-refractivity contribution in [2.45, 2.75) is 304 Å². The SMILES string of the molecule is CCCCCCCCCCCCCCCCOC(=O)c1cc(C(C)(C)C)c(C(OP(O)O)(c2c(C(C)(C)C)cc(C(=O)OCCCCCCCCCCCCCCCC)cc2C(C)(C)C)C(CO)(CO)COP(O)O)c(C(C)(C)C)c1. The lowest BCUT2D eigenvalue weighted by Crippen LogP contribution is -2.58. The van der Waals surface area contributed by atoms with Crippen LogP contribution in [0.25, 0.3) is 0 Å². The molecule has 0 bridgehead atoms. The lowest BCUT2D eigenvalue weighted by Gasteiger charge is -2.54. The zero-order valence-corrected chi connectivity index (χ0v) is 55.5. The van der Waals surface area contributed by atoms with E-state index >= 15 is 0 Å². The molecule has 0 heterocycles. The Balaban J connectivity index is 2.77. The number of carbonyl (C=O) groups excluding carboxylic acids is 2. The number of hydrogen-bond donors (Lipinski definition) is 6. The second kappa shape index (κ2) is 37.5. The highest BCUT2D eigenvalue weighted by Crippen LogP contribution is 2.62. The van der Waals surface area contributed by atoms with Crippen molar-refractivity contribution in [1.82, 2.24) is 0 Å². The van der Waals surface area contributed by atoms with Crippen molar-refractivity contribution in [3.63, 3.8) is 0 Å². The Hall–Kier alpha value is -2.08. The molecular formula is C67H118O12P2. The molecule has 0 amide bonds. The summed E-state index contributed by atoms with van der Waals surface area (Å²) in [7, 11) is -6.48. The maximum atomic E-state index is 14.4. The fourth-order valence-corrected chi connectivity index (χ4v) is 12.3. The quantitative estimate of drug-likeness (QED) is 0.0210. The number of aliphatic hydroxyl groups excluding tert-OH is 2. The molecule has 12 nitrogen and oxygen atoms in total. The Labute approximate surface area is 496 Å². The van der Waals surface area contributed by atoms with E-state index in [4.69, 9.17) is 18.5 Å². The number of hydrogen-bond acceptors (Lipinski definition) is 12. The largest absolute Gasteiger partial charge is 0.462 e. The van der Waals surface area contributed by atoms with E-state index in [1.165, 1.54) is 128 Å². The molecule has 0 aliphatic heterocycles. The van der Waals surface area contributed by atoms with Gasteiger partial charge in [-0.25, -0.2) is 9.59 Å². The van der Waals surface area contributed by atoms with Gasteiger partial charge in [0.1, 0.15) is 5.60 Å². The summed E-state index contributed by atoms with van der Waals surface area (Å²) >= 11 is 0. The summed E-state index contributed by atoms with van der Waals surface area (Å²) in [6, 6.07) is 6.93. The number of benzene rings is 2. The Bertz CT molecular complexity index is 1880. The van der Waals surface area contributed by atoms with E-state index in [1.54, 1.807) is 24.3 Å². The third-order valence-electron chi connectivity index (χ3n) is 16.2. The van der Waals surface area contributed by atoms with E-state index < -0.39 is 81.6 Å². The fraction of sp³-hybridized carbons (Fsp3) is 0.791. The van der Waals surface area contributed by atoms with Crippen molar-refractivity contribution in [1.29, 1.82) is 0 Å². The molecule has 0 unspecified atom stereocenters. The lowest BCUT2D eigenvalue weighted by molar-refractivity contribution is -0.123. The smallest absolute Gasteiger partial charge is 0.338 e. The van der Waals surface area contributed by atoms with Gasteiger partial charge in [0.15, 0.2) is 0 Å². The number of rotatable bonds is 42. The average Bonchev–Trinajstić information content (AvgIpc) is 3.59. The summed E-state index contributed by atoms with van der Waals surface area (Å²) in [4.78, 5) is 72.8. The van der Waals surface area contributed by atoms with Crippen molar-refractivity contribution in [3.8, 4) is 0 Å². The molecule has 0 saturated heterocycles. The molecule has 0 atom stereocenters. The normalized spacial score (nSPS) is 13.0. The van der Waals surface area contributed by atoms with Crippen LogP contribution in [-0.2, 0) is 45.8 Å². The molecule has 468 valence electrons. The van der Waals surface area contributed by atoms with E-state index in [9.17, 15) is 39.4 Å². The third kappa shape index (κ3) is 25.0. The van der Waals surface area contributed by atoms with Crippen LogP contribution in [0.3, 0.4) is 0 Å². The third-order valence-corrected chi connectivity index (χ3v) is 17.0. The van der Waals surface area contributed by atoms with Crippen molar-refractivity contribution in [2.24, 2.45) is 5.41 Å². The van der Waals surface area contributed by atoms with Gasteiger partial charge in [-0.2, -0.15) is 0 Å². The van der Waals surface area contributed by atoms with Gasteiger partial charge in [-0.3, -0.25) is 4.52 Å². The summed E-state index contributed by atoms with van der Waals surface area (Å²) in [6.45, 7) is 25.8. The zero-order valence-electron chi connectivity index (χ0n) is 53.7. The van der Waals surface area contributed by atoms with Gasteiger partial charge >= 0.3 is 29.1 Å². The van der Waals surface area contributed by atoms with Gasteiger partial charge in [-0.15, -0.1) is 0 Å². The zero-order chi connectivity index (χ0) is 60.9. The van der Waals surface area contributed by atoms with Crippen LogP contribution >= 0.6 is 17.2 Å². The summed E-state index contributed by atoms with van der Waals surface area (Å²) in [5, 5.41) is 24.1. The van der Waals surface area contributed by atoms with Gasteiger partial charge in [-0.05, 0) is 92.1 Å². The minimum Gasteiger partial charge on any atom is -0.462 e. The van der Waals surface area contributed by atoms with E-state index in [0.29, 0.717) is 33.4 Å². The molecule has 0 radical (unpaired) electrons. The van der Waals surface area contributed by atoms with Gasteiger partial charge in [0.2, 0.25) is 0 Å². The predicted octanol–water partition coefficient (Wildman–Crippen LogP) is 17.8. The topological polar surface area (TPSA) is 192 Å². The minimum atomic E-state index is -3.40. The van der Waals surface area contributed by atoms with Gasteiger partial charge in [0, 0.05) is 0 Å². The van der Waals surface area contributed by atoms with E-state index in [0.717, 1.165) is 51.4 Å². The summed E-state index contributed by atoms with van der Waals surface area (Å²) < 4.78 is 24.5. The van der Waals surface area contributed by atoms with Crippen LogP contribution in [0.15, 0.2) is 24.3 Å².